The van der Waals surface area contributed by atoms with E-state index in [0.717, 1.165) is 0 Å². The fourth-order valence-corrected chi connectivity index (χ4v) is 2.33. The molecule has 0 bridgehead atoms. The Morgan fingerprint density at radius 1 is 1.20 bits per heavy atom. The highest BCUT2D eigenvalue weighted by molar-refractivity contribution is 6.32. The van der Waals surface area contributed by atoms with Crippen LogP contribution in [0.1, 0.15) is 24.3 Å². The van der Waals surface area contributed by atoms with Crippen molar-refractivity contribution in [2.75, 3.05) is 26.1 Å². The first kappa shape index (κ1) is 18.9. The van der Waals surface area contributed by atoms with Gasteiger partial charge >= 0.3 is 0 Å². The molecule has 1 aromatic heterocycles. The average Bonchev–Trinajstić information content (AvgIpc) is 2.61. The highest BCUT2D eigenvalue weighted by Gasteiger charge is 2.11. The summed E-state index contributed by atoms with van der Waals surface area (Å²) in [7, 11) is 3.10. The fourth-order valence-electron chi connectivity index (χ4n) is 2.10. The van der Waals surface area contributed by atoms with Crippen LogP contribution in [0.3, 0.4) is 0 Å². The van der Waals surface area contributed by atoms with E-state index < -0.39 is 0 Å². The Morgan fingerprint density at radius 2 is 1.92 bits per heavy atom. The standard InChI is InChI=1S/C18H22ClN3O3/c1-11(2)9-21-18(23)14-6-5-12(10-20-14)22-15-8-16(24-3)13(19)7-17(15)25-4/h5-8,10-11,22H,9H2,1-4H3,(H,21,23). The number of carbonyl (C=O) groups excluding carboxylic acids is 1. The van der Waals surface area contributed by atoms with Crippen LogP contribution in [-0.2, 0) is 0 Å². The van der Waals surface area contributed by atoms with Crippen LogP contribution in [-0.4, -0.2) is 31.7 Å². The number of anilines is 2. The van der Waals surface area contributed by atoms with Gasteiger partial charge in [0, 0.05) is 18.7 Å². The Hall–Kier alpha value is -2.47. The molecule has 2 rings (SSSR count). The van der Waals surface area contributed by atoms with Gasteiger partial charge in [-0.2, -0.15) is 0 Å². The molecule has 0 saturated heterocycles. The average molecular weight is 364 g/mol. The van der Waals surface area contributed by atoms with E-state index in [1.54, 1.807) is 44.7 Å². The number of hydrogen-bond donors (Lipinski definition) is 2. The number of hydrogen-bond acceptors (Lipinski definition) is 5. The molecule has 2 aromatic rings. The van der Waals surface area contributed by atoms with Gasteiger partial charge in [0.2, 0.25) is 0 Å². The topological polar surface area (TPSA) is 72.5 Å². The number of nitrogens with zero attached hydrogens (tertiary/aromatic N) is 1. The Kier molecular flexibility index (Phi) is 6.47. The van der Waals surface area contributed by atoms with Crippen LogP contribution >= 0.6 is 11.6 Å². The maximum Gasteiger partial charge on any atom is 0.269 e. The molecule has 0 aliphatic rings. The minimum absolute atomic E-state index is 0.189. The first-order chi connectivity index (χ1) is 11.9. The van der Waals surface area contributed by atoms with Crippen molar-refractivity contribution >= 4 is 28.9 Å². The van der Waals surface area contributed by atoms with E-state index in [1.165, 1.54) is 0 Å². The van der Waals surface area contributed by atoms with E-state index in [9.17, 15) is 4.79 Å². The number of halogens is 1. The van der Waals surface area contributed by atoms with Crippen molar-refractivity contribution in [1.82, 2.24) is 10.3 Å². The smallest absolute Gasteiger partial charge is 0.269 e. The fraction of sp³-hybridized carbons (Fsp3) is 0.333. The van der Waals surface area contributed by atoms with Crippen LogP contribution in [0, 0.1) is 5.92 Å². The highest BCUT2D eigenvalue weighted by atomic mass is 35.5. The van der Waals surface area contributed by atoms with Gasteiger partial charge in [-0.05, 0) is 18.1 Å². The van der Waals surface area contributed by atoms with Crippen molar-refractivity contribution in [3.63, 3.8) is 0 Å². The summed E-state index contributed by atoms with van der Waals surface area (Å²) in [6.07, 6.45) is 1.59. The summed E-state index contributed by atoms with van der Waals surface area (Å²) in [5.41, 5.74) is 1.76. The number of benzene rings is 1. The largest absolute Gasteiger partial charge is 0.495 e. The number of nitrogens with one attached hydrogen (secondary N) is 2. The lowest BCUT2D eigenvalue weighted by molar-refractivity contribution is 0.0944. The first-order valence-electron chi connectivity index (χ1n) is 7.87. The summed E-state index contributed by atoms with van der Waals surface area (Å²) in [6.45, 7) is 4.69. The second-order valence-electron chi connectivity index (χ2n) is 5.85. The Morgan fingerprint density at radius 3 is 2.48 bits per heavy atom. The van der Waals surface area contributed by atoms with Gasteiger partial charge in [-0.15, -0.1) is 0 Å². The molecule has 0 atom stereocenters. The van der Waals surface area contributed by atoms with Gasteiger partial charge < -0.3 is 20.1 Å². The minimum Gasteiger partial charge on any atom is -0.495 e. The lowest BCUT2D eigenvalue weighted by Gasteiger charge is -2.14. The van der Waals surface area contributed by atoms with Gasteiger partial charge in [-0.3, -0.25) is 4.79 Å². The number of carbonyl (C=O) groups is 1. The summed E-state index contributed by atoms with van der Waals surface area (Å²) >= 11 is 6.10. The van der Waals surface area contributed by atoms with Crippen LogP contribution in [0.2, 0.25) is 5.02 Å². The molecule has 0 aliphatic heterocycles. The van der Waals surface area contributed by atoms with Crippen LogP contribution < -0.4 is 20.1 Å². The van der Waals surface area contributed by atoms with Gasteiger partial charge in [0.25, 0.3) is 5.91 Å². The van der Waals surface area contributed by atoms with Crippen molar-refractivity contribution in [3.8, 4) is 11.5 Å². The van der Waals surface area contributed by atoms with Crippen LogP contribution in [0.25, 0.3) is 0 Å². The van der Waals surface area contributed by atoms with Gasteiger partial charge in [0.1, 0.15) is 17.2 Å². The third-order valence-electron chi connectivity index (χ3n) is 3.42. The second-order valence-corrected chi connectivity index (χ2v) is 6.26. The quantitative estimate of drug-likeness (QED) is 0.781. The molecule has 0 spiro atoms. The summed E-state index contributed by atoms with van der Waals surface area (Å²) in [6, 6.07) is 6.85. The van der Waals surface area contributed by atoms with Crippen molar-refractivity contribution in [2.45, 2.75) is 13.8 Å². The third-order valence-corrected chi connectivity index (χ3v) is 3.72. The highest BCUT2D eigenvalue weighted by Crippen LogP contribution is 2.37. The van der Waals surface area contributed by atoms with E-state index in [-0.39, 0.29) is 5.91 Å². The molecule has 6 nitrogen and oxygen atoms in total. The number of aromatic nitrogens is 1. The van der Waals surface area contributed by atoms with E-state index in [4.69, 9.17) is 21.1 Å². The van der Waals surface area contributed by atoms with Crippen LogP contribution in [0.5, 0.6) is 11.5 Å². The van der Waals surface area contributed by atoms with Gasteiger partial charge in [-0.1, -0.05) is 25.4 Å². The molecule has 0 fully saturated rings. The van der Waals surface area contributed by atoms with E-state index in [1.807, 2.05) is 13.8 Å². The monoisotopic (exact) mass is 363 g/mol. The van der Waals surface area contributed by atoms with Crippen molar-refractivity contribution in [1.29, 1.82) is 0 Å². The molecule has 2 N–H and O–H groups in total. The summed E-state index contributed by atoms with van der Waals surface area (Å²) in [5, 5.41) is 6.48. The molecule has 134 valence electrons. The van der Waals surface area contributed by atoms with Crippen molar-refractivity contribution < 1.29 is 14.3 Å². The van der Waals surface area contributed by atoms with Gasteiger partial charge in [0.15, 0.2) is 0 Å². The molecular weight excluding hydrogens is 342 g/mol. The molecular formula is C18H22ClN3O3. The Balaban J connectivity index is 2.15. The number of methoxy groups -OCH3 is 2. The molecule has 0 radical (unpaired) electrons. The summed E-state index contributed by atoms with van der Waals surface area (Å²) in [5.74, 6) is 1.30. The number of ether oxygens (including phenoxy) is 2. The van der Waals surface area contributed by atoms with Gasteiger partial charge in [-0.25, -0.2) is 4.98 Å². The predicted molar refractivity (Wildman–Crippen MR) is 99.2 cm³/mol. The molecule has 7 heteroatoms. The molecule has 1 heterocycles. The predicted octanol–water partition coefficient (Wildman–Crippen LogP) is 3.88. The van der Waals surface area contributed by atoms with E-state index in [0.29, 0.717) is 46.1 Å². The zero-order valence-electron chi connectivity index (χ0n) is 14.7. The minimum atomic E-state index is -0.189. The zero-order valence-corrected chi connectivity index (χ0v) is 15.5. The van der Waals surface area contributed by atoms with E-state index in [2.05, 4.69) is 15.6 Å². The Labute approximate surface area is 152 Å². The number of pyridine rings is 1. The SMILES string of the molecule is COc1cc(Nc2ccc(C(=O)NCC(C)C)nc2)c(OC)cc1Cl. The normalized spacial score (nSPS) is 10.5. The van der Waals surface area contributed by atoms with Crippen LogP contribution in [0.4, 0.5) is 11.4 Å². The molecule has 25 heavy (non-hydrogen) atoms. The van der Waals surface area contributed by atoms with E-state index >= 15 is 0 Å². The molecule has 1 amide bonds. The Bertz CT molecular complexity index is 733. The summed E-state index contributed by atoms with van der Waals surface area (Å²) in [4.78, 5) is 16.2. The van der Waals surface area contributed by atoms with Crippen molar-refractivity contribution in [3.05, 3.63) is 41.2 Å². The second kappa shape index (κ2) is 8.58. The lowest BCUT2D eigenvalue weighted by Crippen LogP contribution is -2.27. The molecule has 0 unspecified atom stereocenters. The molecule has 0 saturated carbocycles. The molecule has 0 aliphatic carbocycles. The van der Waals surface area contributed by atoms with Crippen LogP contribution in [0.15, 0.2) is 30.5 Å². The number of rotatable bonds is 7. The third kappa shape index (κ3) is 5.00. The lowest BCUT2D eigenvalue weighted by atomic mass is 10.2. The maximum atomic E-state index is 12.0. The van der Waals surface area contributed by atoms with Gasteiger partial charge in [0.05, 0.1) is 36.8 Å². The first-order valence-corrected chi connectivity index (χ1v) is 8.25. The number of amides is 1. The summed E-state index contributed by atoms with van der Waals surface area (Å²) < 4.78 is 10.6. The van der Waals surface area contributed by atoms with Crippen molar-refractivity contribution in [2.24, 2.45) is 5.92 Å². The maximum absolute atomic E-state index is 12.0. The zero-order chi connectivity index (χ0) is 18.4. The molecule has 1 aromatic carbocycles.